The minimum Gasteiger partial charge on any atom is -0.444 e. The summed E-state index contributed by atoms with van der Waals surface area (Å²) in [6, 6.07) is 5.11. The normalized spacial score (nSPS) is 15.4. The van der Waals surface area contributed by atoms with E-state index in [0.29, 0.717) is 22.6 Å². The lowest BCUT2D eigenvalue weighted by molar-refractivity contribution is 0.167. The highest BCUT2D eigenvalue weighted by atomic mass is 19.1. The molecule has 0 saturated carbocycles. The Labute approximate surface area is 175 Å². The van der Waals surface area contributed by atoms with E-state index in [1.165, 1.54) is 12.1 Å². The summed E-state index contributed by atoms with van der Waals surface area (Å²) in [6.45, 7) is 9.17. The number of halogens is 1. The van der Waals surface area contributed by atoms with Gasteiger partial charge in [-0.05, 0) is 70.3 Å². The molecule has 0 aliphatic carbocycles. The average molecular weight is 407 g/mol. The summed E-state index contributed by atoms with van der Waals surface area (Å²) in [5, 5.41) is 13.6. The minimum absolute atomic E-state index is 0.315. The van der Waals surface area contributed by atoms with E-state index in [0.717, 1.165) is 67.4 Å². The maximum Gasteiger partial charge on any atom is 0.208 e. The molecule has 1 fully saturated rings. The fourth-order valence-corrected chi connectivity index (χ4v) is 4.10. The van der Waals surface area contributed by atoms with Crippen LogP contribution in [-0.4, -0.2) is 34.5 Å². The van der Waals surface area contributed by atoms with Gasteiger partial charge in [-0.2, -0.15) is 5.26 Å². The SMILES string of the molecule is Cc1nc(CN2CCC(CNc3c(C#N)cnc4c(C)cc(F)cc34)CC2)oc1C. The first-order chi connectivity index (χ1) is 14.4. The summed E-state index contributed by atoms with van der Waals surface area (Å²) in [6.07, 6.45) is 3.66. The number of fused-ring (bicyclic) bond motifs is 1. The second-order valence-corrected chi connectivity index (χ2v) is 8.13. The monoisotopic (exact) mass is 407 g/mol. The predicted octanol–water partition coefficient (Wildman–Crippen LogP) is 4.48. The zero-order valence-corrected chi connectivity index (χ0v) is 17.6. The van der Waals surface area contributed by atoms with Gasteiger partial charge in [0, 0.05) is 18.1 Å². The van der Waals surface area contributed by atoms with Gasteiger partial charge >= 0.3 is 0 Å². The molecule has 0 atom stereocenters. The van der Waals surface area contributed by atoms with Gasteiger partial charge in [0.25, 0.3) is 0 Å². The molecule has 0 amide bonds. The maximum atomic E-state index is 14.0. The first-order valence-electron chi connectivity index (χ1n) is 10.3. The van der Waals surface area contributed by atoms with Gasteiger partial charge in [0.2, 0.25) is 5.89 Å². The molecule has 30 heavy (non-hydrogen) atoms. The zero-order valence-electron chi connectivity index (χ0n) is 17.6. The van der Waals surface area contributed by atoms with Gasteiger partial charge in [-0.25, -0.2) is 9.37 Å². The van der Waals surface area contributed by atoms with Crippen LogP contribution in [0.25, 0.3) is 10.9 Å². The zero-order chi connectivity index (χ0) is 21.3. The Morgan fingerprint density at radius 2 is 2.03 bits per heavy atom. The number of aryl methyl sites for hydroxylation is 3. The molecule has 3 heterocycles. The number of oxazole rings is 1. The number of pyridine rings is 1. The second-order valence-electron chi connectivity index (χ2n) is 8.13. The van der Waals surface area contributed by atoms with Gasteiger partial charge in [0.15, 0.2) is 0 Å². The number of nitriles is 1. The Bertz CT molecular complexity index is 1090. The van der Waals surface area contributed by atoms with Crippen LogP contribution >= 0.6 is 0 Å². The lowest BCUT2D eigenvalue weighted by Crippen LogP contribution is -2.35. The highest BCUT2D eigenvalue weighted by molar-refractivity contribution is 5.95. The molecule has 1 aromatic carbocycles. The lowest BCUT2D eigenvalue weighted by Gasteiger charge is -2.31. The van der Waals surface area contributed by atoms with Crippen LogP contribution in [0, 0.1) is 43.8 Å². The molecule has 2 aromatic heterocycles. The van der Waals surface area contributed by atoms with Crippen LogP contribution in [0.2, 0.25) is 0 Å². The molecule has 156 valence electrons. The Balaban J connectivity index is 1.41. The van der Waals surface area contributed by atoms with E-state index in [1.807, 2.05) is 20.8 Å². The number of piperidine rings is 1. The van der Waals surface area contributed by atoms with Crippen molar-refractivity contribution < 1.29 is 8.81 Å². The van der Waals surface area contributed by atoms with Gasteiger partial charge in [-0.15, -0.1) is 0 Å². The number of benzene rings is 1. The highest BCUT2D eigenvalue weighted by Crippen LogP contribution is 2.29. The fraction of sp³-hybridized carbons (Fsp3) is 0.435. The number of nitrogens with zero attached hydrogens (tertiary/aromatic N) is 4. The molecule has 6 nitrogen and oxygen atoms in total. The van der Waals surface area contributed by atoms with E-state index in [9.17, 15) is 9.65 Å². The summed E-state index contributed by atoms with van der Waals surface area (Å²) >= 11 is 0. The van der Waals surface area contributed by atoms with Gasteiger partial charge in [0.1, 0.15) is 17.6 Å². The Hall–Kier alpha value is -2.98. The molecular weight excluding hydrogens is 381 g/mol. The summed E-state index contributed by atoms with van der Waals surface area (Å²) in [5.74, 6) is 1.83. The largest absolute Gasteiger partial charge is 0.444 e. The quantitative estimate of drug-likeness (QED) is 0.672. The van der Waals surface area contributed by atoms with Gasteiger partial charge in [0.05, 0.1) is 29.0 Å². The Morgan fingerprint density at radius 1 is 1.27 bits per heavy atom. The van der Waals surface area contributed by atoms with E-state index >= 15 is 0 Å². The molecule has 7 heteroatoms. The van der Waals surface area contributed by atoms with E-state index in [-0.39, 0.29) is 5.82 Å². The van der Waals surface area contributed by atoms with Crippen molar-refractivity contribution in [1.82, 2.24) is 14.9 Å². The number of rotatable bonds is 5. The number of nitrogens with one attached hydrogen (secondary N) is 1. The summed E-state index contributed by atoms with van der Waals surface area (Å²) in [5.41, 5.74) is 3.57. The summed E-state index contributed by atoms with van der Waals surface area (Å²) < 4.78 is 19.7. The fourth-order valence-electron chi connectivity index (χ4n) is 4.10. The molecule has 1 N–H and O–H groups in total. The summed E-state index contributed by atoms with van der Waals surface area (Å²) in [7, 11) is 0. The molecule has 0 unspecified atom stereocenters. The number of hydrogen-bond donors (Lipinski definition) is 1. The molecule has 0 radical (unpaired) electrons. The van der Waals surface area contributed by atoms with Crippen molar-refractivity contribution in [3.05, 3.63) is 52.6 Å². The topological polar surface area (TPSA) is 78.0 Å². The van der Waals surface area contributed by atoms with Crippen molar-refractivity contribution in [2.24, 2.45) is 5.92 Å². The first-order valence-corrected chi connectivity index (χ1v) is 10.3. The van der Waals surface area contributed by atoms with Crippen LogP contribution in [0.15, 0.2) is 22.7 Å². The molecule has 4 rings (SSSR count). The Kier molecular flexibility index (Phi) is 5.69. The molecular formula is C23H26FN5O. The third kappa shape index (κ3) is 4.14. The van der Waals surface area contributed by atoms with Crippen molar-refractivity contribution >= 4 is 16.6 Å². The molecule has 1 saturated heterocycles. The standard InChI is InChI=1S/C23H26FN5O/c1-14-8-19(24)9-20-22(14)27-12-18(10-25)23(20)26-11-17-4-6-29(7-5-17)13-21-28-15(2)16(3)30-21/h8-9,12,17H,4-7,11,13H2,1-3H3,(H,26,27). The third-order valence-electron chi connectivity index (χ3n) is 5.95. The van der Waals surface area contributed by atoms with Crippen LogP contribution in [0.3, 0.4) is 0 Å². The van der Waals surface area contributed by atoms with Crippen molar-refractivity contribution in [2.45, 2.75) is 40.2 Å². The second kappa shape index (κ2) is 8.41. The number of hydrogen-bond acceptors (Lipinski definition) is 6. The van der Waals surface area contributed by atoms with Crippen LogP contribution in [0.1, 0.15) is 41.3 Å². The maximum absolute atomic E-state index is 14.0. The van der Waals surface area contributed by atoms with Gasteiger partial charge in [-0.1, -0.05) is 0 Å². The van der Waals surface area contributed by atoms with Crippen molar-refractivity contribution in [2.75, 3.05) is 25.0 Å². The van der Waals surface area contributed by atoms with Crippen molar-refractivity contribution in [3.8, 4) is 6.07 Å². The summed E-state index contributed by atoms with van der Waals surface area (Å²) in [4.78, 5) is 11.2. The van der Waals surface area contributed by atoms with Crippen LogP contribution in [-0.2, 0) is 6.54 Å². The van der Waals surface area contributed by atoms with Crippen LogP contribution in [0.5, 0.6) is 0 Å². The first kappa shape index (κ1) is 20.3. The molecule has 1 aliphatic rings. The Morgan fingerprint density at radius 3 is 2.70 bits per heavy atom. The smallest absolute Gasteiger partial charge is 0.208 e. The molecule has 0 bridgehead atoms. The van der Waals surface area contributed by atoms with E-state index < -0.39 is 0 Å². The van der Waals surface area contributed by atoms with E-state index in [1.54, 1.807) is 6.20 Å². The molecule has 1 aliphatic heterocycles. The van der Waals surface area contributed by atoms with Crippen LogP contribution in [0.4, 0.5) is 10.1 Å². The number of anilines is 1. The molecule has 3 aromatic rings. The van der Waals surface area contributed by atoms with Crippen molar-refractivity contribution in [3.63, 3.8) is 0 Å². The molecule has 0 spiro atoms. The number of likely N-dealkylation sites (tertiary alicyclic amines) is 1. The van der Waals surface area contributed by atoms with E-state index in [4.69, 9.17) is 4.42 Å². The van der Waals surface area contributed by atoms with Gasteiger partial charge in [-0.3, -0.25) is 9.88 Å². The van der Waals surface area contributed by atoms with Gasteiger partial charge < -0.3 is 9.73 Å². The minimum atomic E-state index is -0.315. The average Bonchev–Trinajstić information content (AvgIpc) is 3.04. The van der Waals surface area contributed by atoms with E-state index in [2.05, 4.69) is 26.3 Å². The highest BCUT2D eigenvalue weighted by Gasteiger charge is 2.22. The third-order valence-corrected chi connectivity index (χ3v) is 5.95. The van der Waals surface area contributed by atoms with Crippen molar-refractivity contribution in [1.29, 1.82) is 5.26 Å². The van der Waals surface area contributed by atoms with Crippen LogP contribution < -0.4 is 5.32 Å². The lowest BCUT2D eigenvalue weighted by atomic mass is 9.96. The predicted molar refractivity (Wildman–Crippen MR) is 114 cm³/mol. The number of aromatic nitrogens is 2.